The molecular weight excluding hydrogens is 316 g/mol. The molecule has 0 radical (unpaired) electrons. The number of hydrogen-bond donors (Lipinski definition) is 1. The van der Waals surface area contributed by atoms with Gasteiger partial charge in [0.25, 0.3) is 5.91 Å². The molecule has 1 aliphatic rings. The molecule has 1 fully saturated rings. The largest absolute Gasteiger partial charge is 0.494 e. The Morgan fingerprint density at radius 1 is 1.16 bits per heavy atom. The average molecular weight is 340 g/mol. The molecule has 0 unspecified atom stereocenters. The molecule has 1 aliphatic heterocycles. The fourth-order valence-electron chi connectivity index (χ4n) is 2.89. The topological polar surface area (TPSA) is 50.8 Å². The standard InChI is InChI=1S/C20H24N2O3/c1-3-25-19-9-4-16(14-15(19)2)20(23)21-17-5-7-18(8-6-17)22-10-12-24-13-11-22/h4-9,14H,3,10-13H2,1-2H3,(H,21,23). The number of aryl methyl sites for hydroxylation is 1. The van der Waals surface area contributed by atoms with Crippen LogP contribution in [0, 0.1) is 6.92 Å². The molecule has 0 bridgehead atoms. The molecule has 25 heavy (non-hydrogen) atoms. The van der Waals surface area contributed by atoms with Crippen molar-refractivity contribution in [1.82, 2.24) is 0 Å². The molecule has 1 amide bonds. The summed E-state index contributed by atoms with van der Waals surface area (Å²) in [6.07, 6.45) is 0. The average Bonchev–Trinajstić information content (AvgIpc) is 2.65. The third-order valence-corrected chi connectivity index (χ3v) is 4.24. The zero-order valence-electron chi connectivity index (χ0n) is 14.7. The predicted octanol–water partition coefficient (Wildman–Crippen LogP) is 3.48. The van der Waals surface area contributed by atoms with Crippen LogP contribution in [0.2, 0.25) is 0 Å². The van der Waals surface area contributed by atoms with E-state index < -0.39 is 0 Å². The van der Waals surface area contributed by atoms with Gasteiger partial charge in [-0.1, -0.05) is 0 Å². The molecule has 0 aromatic heterocycles. The maximum atomic E-state index is 12.4. The zero-order chi connectivity index (χ0) is 17.6. The fraction of sp³-hybridized carbons (Fsp3) is 0.350. The van der Waals surface area contributed by atoms with Crippen molar-refractivity contribution in [3.63, 3.8) is 0 Å². The minimum absolute atomic E-state index is 0.120. The van der Waals surface area contributed by atoms with E-state index >= 15 is 0 Å². The lowest BCUT2D eigenvalue weighted by molar-refractivity contribution is 0.102. The van der Waals surface area contributed by atoms with Crippen LogP contribution >= 0.6 is 0 Å². The molecule has 5 heteroatoms. The number of ether oxygens (including phenoxy) is 2. The Balaban J connectivity index is 1.65. The molecule has 1 N–H and O–H groups in total. The molecule has 2 aromatic rings. The van der Waals surface area contributed by atoms with Crippen molar-refractivity contribution in [2.24, 2.45) is 0 Å². The lowest BCUT2D eigenvalue weighted by Gasteiger charge is -2.28. The van der Waals surface area contributed by atoms with Gasteiger partial charge in [0.05, 0.1) is 19.8 Å². The number of benzene rings is 2. The first kappa shape index (κ1) is 17.3. The van der Waals surface area contributed by atoms with Crippen LogP contribution in [0.3, 0.4) is 0 Å². The molecule has 0 atom stereocenters. The van der Waals surface area contributed by atoms with E-state index in [4.69, 9.17) is 9.47 Å². The van der Waals surface area contributed by atoms with Crippen LogP contribution in [0.1, 0.15) is 22.8 Å². The fourth-order valence-corrected chi connectivity index (χ4v) is 2.89. The van der Waals surface area contributed by atoms with E-state index in [-0.39, 0.29) is 5.91 Å². The number of carbonyl (C=O) groups excluding carboxylic acids is 1. The normalized spacial score (nSPS) is 14.2. The summed E-state index contributed by atoms with van der Waals surface area (Å²) >= 11 is 0. The Morgan fingerprint density at radius 3 is 2.52 bits per heavy atom. The Kier molecular flexibility index (Phi) is 5.56. The lowest BCUT2D eigenvalue weighted by Crippen LogP contribution is -2.36. The van der Waals surface area contributed by atoms with Gasteiger partial charge in [-0.25, -0.2) is 0 Å². The highest BCUT2D eigenvalue weighted by Crippen LogP contribution is 2.22. The molecular formula is C20H24N2O3. The molecule has 132 valence electrons. The predicted molar refractivity (Wildman–Crippen MR) is 99.8 cm³/mol. The van der Waals surface area contributed by atoms with Gasteiger partial charge in [0.15, 0.2) is 0 Å². The van der Waals surface area contributed by atoms with Gasteiger partial charge in [0.1, 0.15) is 5.75 Å². The Bertz CT molecular complexity index is 722. The Labute approximate surface area is 148 Å². The number of rotatable bonds is 5. The molecule has 5 nitrogen and oxygen atoms in total. The van der Waals surface area contributed by atoms with Crippen molar-refractivity contribution in [3.8, 4) is 5.75 Å². The van der Waals surface area contributed by atoms with E-state index in [0.717, 1.165) is 49.0 Å². The maximum Gasteiger partial charge on any atom is 0.255 e. The second kappa shape index (κ2) is 8.03. The van der Waals surface area contributed by atoms with Crippen molar-refractivity contribution in [3.05, 3.63) is 53.6 Å². The molecule has 2 aromatic carbocycles. The smallest absolute Gasteiger partial charge is 0.255 e. The lowest BCUT2D eigenvalue weighted by atomic mass is 10.1. The SMILES string of the molecule is CCOc1ccc(C(=O)Nc2ccc(N3CCOCC3)cc2)cc1C. The van der Waals surface area contributed by atoms with E-state index in [9.17, 15) is 4.79 Å². The van der Waals surface area contributed by atoms with Gasteiger partial charge in [0.2, 0.25) is 0 Å². The van der Waals surface area contributed by atoms with Crippen LogP contribution in [0.15, 0.2) is 42.5 Å². The summed E-state index contributed by atoms with van der Waals surface area (Å²) in [5.41, 5.74) is 3.52. The van der Waals surface area contributed by atoms with Crippen LogP contribution in [0.25, 0.3) is 0 Å². The number of morpholine rings is 1. The molecule has 0 saturated carbocycles. The van der Waals surface area contributed by atoms with Crippen LogP contribution in [0.4, 0.5) is 11.4 Å². The molecule has 1 saturated heterocycles. The third kappa shape index (κ3) is 4.31. The number of anilines is 2. The van der Waals surface area contributed by atoms with Gasteiger partial charge in [-0.05, 0) is 61.9 Å². The van der Waals surface area contributed by atoms with E-state index in [1.165, 1.54) is 0 Å². The van der Waals surface area contributed by atoms with Gasteiger partial charge in [-0.2, -0.15) is 0 Å². The molecule has 3 rings (SSSR count). The highest BCUT2D eigenvalue weighted by atomic mass is 16.5. The van der Waals surface area contributed by atoms with E-state index in [2.05, 4.69) is 10.2 Å². The highest BCUT2D eigenvalue weighted by Gasteiger charge is 2.12. The summed E-state index contributed by atoms with van der Waals surface area (Å²) in [6, 6.07) is 13.4. The quantitative estimate of drug-likeness (QED) is 0.905. The Hall–Kier alpha value is -2.53. The second-order valence-electron chi connectivity index (χ2n) is 6.01. The minimum atomic E-state index is -0.120. The second-order valence-corrected chi connectivity index (χ2v) is 6.01. The van der Waals surface area contributed by atoms with Crippen LogP contribution in [-0.2, 0) is 4.74 Å². The zero-order valence-corrected chi connectivity index (χ0v) is 14.7. The maximum absolute atomic E-state index is 12.4. The van der Waals surface area contributed by atoms with Gasteiger partial charge in [0, 0.05) is 30.0 Å². The summed E-state index contributed by atoms with van der Waals surface area (Å²) in [7, 11) is 0. The van der Waals surface area contributed by atoms with Crippen molar-refractivity contribution in [2.75, 3.05) is 43.1 Å². The van der Waals surface area contributed by atoms with Crippen LogP contribution in [0.5, 0.6) is 5.75 Å². The summed E-state index contributed by atoms with van der Waals surface area (Å²) in [4.78, 5) is 14.7. The first-order chi connectivity index (χ1) is 12.2. The van der Waals surface area contributed by atoms with E-state index in [1.807, 2.05) is 50.2 Å². The van der Waals surface area contributed by atoms with Gasteiger partial charge >= 0.3 is 0 Å². The highest BCUT2D eigenvalue weighted by molar-refractivity contribution is 6.04. The number of carbonyl (C=O) groups is 1. The monoisotopic (exact) mass is 340 g/mol. The van der Waals surface area contributed by atoms with E-state index in [1.54, 1.807) is 6.07 Å². The van der Waals surface area contributed by atoms with Gasteiger partial charge in [-0.3, -0.25) is 4.79 Å². The summed E-state index contributed by atoms with van der Waals surface area (Å²) in [5, 5.41) is 2.94. The molecule has 1 heterocycles. The van der Waals surface area contributed by atoms with E-state index in [0.29, 0.717) is 12.2 Å². The Morgan fingerprint density at radius 2 is 1.88 bits per heavy atom. The summed E-state index contributed by atoms with van der Waals surface area (Å²) in [6.45, 7) is 7.82. The van der Waals surface area contributed by atoms with Crippen molar-refractivity contribution < 1.29 is 14.3 Å². The van der Waals surface area contributed by atoms with Crippen LogP contribution in [-0.4, -0.2) is 38.8 Å². The number of nitrogens with one attached hydrogen (secondary N) is 1. The van der Waals surface area contributed by atoms with Crippen LogP contribution < -0.4 is 15.0 Å². The number of amides is 1. The minimum Gasteiger partial charge on any atom is -0.494 e. The van der Waals surface area contributed by atoms with Gasteiger partial charge < -0.3 is 19.7 Å². The third-order valence-electron chi connectivity index (χ3n) is 4.24. The van der Waals surface area contributed by atoms with Crippen molar-refractivity contribution in [2.45, 2.75) is 13.8 Å². The summed E-state index contributed by atoms with van der Waals surface area (Å²) in [5.74, 6) is 0.694. The first-order valence-corrected chi connectivity index (χ1v) is 8.65. The molecule has 0 spiro atoms. The summed E-state index contributed by atoms with van der Waals surface area (Å²) < 4.78 is 10.9. The number of hydrogen-bond acceptors (Lipinski definition) is 4. The van der Waals surface area contributed by atoms with Crippen molar-refractivity contribution in [1.29, 1.82) is 0 Å². The van der Waals surface area contributed by atoms with Gasteiger partial charge in [-0.15, -0.1) is 0 Å². The first-order valence-electron chi connectivity index (χ1n) is 8.65. The molecule has 0 aliphatic carbocycles. The van der Waals surface area contributed by atoms with Crippen molar-refractivity contribution >= 4 is 17.3 Å². The number of nitrogens with zero attached hydrogens (tertiary/aromatic N) is 1.